The number of hydrogen-bond acceptors (Lipinski definition) is 3. The van der Waals surface area contributed by atoms with Gasteiger partial charge >= 0.3 is 5.97 Å². The van der Waals surface area contributed by atoms with Crippen LogP contribution in [0, 0.1) is 0 Å². The predicted molar refractivity (Wildman–Crippen MR) is 79.3 cm³/mol. The molecule has 0 unspecified atom stereocenters. The molecule has 0 fully saturated rings. The topological polar surface area (TPSA) is 53.4 Å². The summed E-state index contributed by atoms with van der Waals surface area (Å²) in [5.41, 5.74) is 2.42. The number of aromatic nitrogens is 1. The van der Waals surface area contributed by atoms with E-state index in [0.29, 0.717) is 10.9 Å². The van der Waals surface area contributed by atoms with E-state index in [1.165, 1.54) is 5.57 Å². The Balaban J connectivity index is 2.10. The first-order chi connectivity index (χ1) is 9.65. The number of benzene rings is 1. The number of fused-ring (bicyclic) bond motifs is 1. The van der Waals surface area contributed by atoms with Crippen LogP contribution in [0.2, 0.25) is 0 Å². The third-order valence-electron chi connectivity index (χ3n) is 3.69. The van der Waals surface area contributed by atoms with Crippen molar-refractivity contribution in [3.63, 3.8) is 0 Å². The summed E-state index contributed by atoms with van der Waals surface area (Å²) < 4.78 is 0. The number of pyridine rings is 1. The van der Waals surface area contributed by atoms with Gasteiger partial charge in [0, 0.05) is 18.5 Å². The van der Waals surface area contributed by atoms with Crippen molar-refractivity contribution in [2.45, 2.75) is 13.3 Å². The first-order valence-corrected chi connectivity index (χ1v) is 6.69. The van der Waals surface area contributed by atoms with E-state index in [1.807, 2.05) is 18.2 Å². The minimum Gasteiger partial charge on any atom is -0.478 e. The van der Waals surface area contributed by atoms with Crippen molar-refractivity contribution >= 4 is 22.7 Å². The van der Waals surface area contributed by atoms with Crippen molar-refractivity contribution in [3.8, 4) is 0 Å². The predicted octanol–water partition coefficient (Wildman–Crippen LogP) is 3.09. The van der Waals surface area contributed by atoms with Crippen molar-refractivity contribution in [2.24, 2.45) is 0 Å². The number of carbonyl (C=O) groups is 1. The molecule has 1 aromatic carbocycles. The van der Waals surface area contributed by atoms with Gasteiger partial charge in [-0.3, -0.25) is 0 Å². The quantitative estimate of drug-likeness (QED) is 0.850. The third kappa shape index (κ3) is 2.25. The molecule has 3 rings (SSSR count). The van der Waals surface area contributed by atoms with E-state index in [4.69, 9.17) is 0 Å². The maximum Gasteiger partial charge on any atom is 0.336 e. The van der Waals surface area contributed by atoms with Crippen LogP contribution in [0.5, 0.6) is 0 Å². The smallest absolute Gasteiger partial charge is 0.336 e. The molecule has 0 atom stereocenters. The summed E-state index contributed by atoms with van der Waals surface area (Å²) in [4.78, 5) is 18.2. The number of para-hydroxylation sites is 1. The van der Waals surface area contributed by atoms with E-state index in [2.05, 4.69) is 22.9 Å². The lowest BCUT2D eigenvalue weighted by molar-refractivity contribution is 0.0699. The molecule has 4 heteroatoms. The zero-order valence-corrected chi connectivity index (χ0v) is 11.3. The van der Waals surface area contributed by atoms with Crippen molar-refractivity contribution < 1.29 is 9.90 Å². The van der Waals surface area contributed by atoms with E-state index in [1.54, 1.807) is 12.1 Å². The molecule has 0 saturated carbocycles. The second kappa shape index (κ2) is 4.96. The summed E-state index contributed by atoms with van der Waals surface area (Å²) in [5.74, 6) is -0.168. The summed E-state index contributed by atoms with van der Waals surface area (Å²) in [6, 6.07) is 9.05. The standard InChI is InChI=1S/C16H16N2O2/c1-11-6-8-18(9-7-11)15-10-13(16(19)20)12-4-2-3-5-14(12)17-15/h2-6,10H,7-9H2,1H3,(H,19,20). The molecule has 1 N–H and O–H groups in total. The molecule has 0 bridgehead atoms. The summed E-state index contributed by atoms with van der Waals surface area (Å²) in [7, 11) is 0. The van der Waals surface area contributed by atoms with E-state index < -0.39 is 5.97 Å². The van der Waals surface area contributed by atoms with Crippen LogP contribution in [0.1, 0.15) is 23.7 Å². The number of rotatable bonds is 2. The molecule has 2 aromatic rings. The minimum atomic E-state index is -0.909. The first-order valence-electron chi connectivity index (χ1n) is 6.69. The van der Waals surface area contributed by atoms with Crippen LogP contribution in [0.15, 0.2) is 42.0 Å². The van der Waals surface area contributed by atoms with Gasteiger partial charge in [0.2, 0.25) is 0 Å². The molecule has 20 heavy (non-hydrogen) atoms. The van der Waals surface area contributed by atoms with E-state index >= 15 is 0 Å². The van der Waals surface area contributed by atoms with Gasteiger partial charge in [-0.2, -0.15) is 0 Å². The fraction of sp³-hybridized carbons (Fsp3) is 0.250. The summed E-state index contributed by atoms with van der Waals surface area (Å²) in [5, 5.41) is 10.1. The fourth-order valence-corrected chi connectivity index (χ4v) is 2.48. The Bertz CT molecular complexity index is 707. The number of carboxylic acids is 1. The Morgan fingerprint density at radius 2 is 2.15 bits per heavy atom. The highest BCUT2D eigenvalue weighted by molar-refractivity contribution is 6.03. The highest BCUT2D eigenvalue weighted by Crippen LogP contribution is 2.25. The second-order valence-corrected chi connectivity index (χ2v) is 5.10. The Hall–Kier alpha value is -2.36. The molecule has 102 valence electrons. The number of nitrogens with zero attached hydrogens (tertiary/aromatic N) is 2. The Morgan fingerprint density at radius 3 is 2.85 bits per heavy atom. The van der Waals surface area contributed by atoms with Crippen molar-refractivity contribution in [2.75, 3.05) is 18.0 Å². The molecular weight excluding hydrogens is 252 g/mol. The zero-order chi connectivity index (χ0) is 14.1. The molecular formula is C16H16N2O2. The Morgan fingerprint density at radius 1 is 1.35 bits per heavy atom. The number of hydrogen-bond donors (Lipinski definition) is 1. The average Bonchev–Trinajstić information content (AvgIpc) is 2.46. The molecule has 0 spiro atoms. The maximum atomic E-state index is 11.4. The fourth-order valence-electron chi connectivity index (χ4n) is 2.48. The first kappa shape index (κ1) is 12.7. The van der Waals surface area contributed by atoms with Crippen LogP contribution in [-0.4, -0.2) is 29.1 Å². The Kier molecular flexibility index (Phi) is 3.14. The van der Waals surface area contributed by atoms with Crippen LogP contribution in [0.25, 0.3) is 10.9 Å². The van der Waals surface area contributed by atoms with Crippen LogP contribution in [0.4, 0.5) is 5.82 Å². The lowest BCUT2D eigenvalue weighted by atomic mass is 10.1. The molecule has 1 aliphatic heterocycles. The molecule has 2 heterocycles. The number of carboxylic acid groups (broad SMARTS) is 1. The third-order valence-corrected chi connectivity index (χ3v) is 3.69. The van der Waals surface area contributed by atoms with Gasteiger partial charge in [-0.1, -0.05) is 29.8 Å². The largest absolute Gasteiger partial charge is 0.478 e. The minimum absolute atomic E-state index is 0.317. The highest BCUT2D eigenvalue weighted by atomic mass is 16.4. The molecule has 0 amide bonds. The van der Waals surface area contributed by atoms with E-state index in [0.717, 1.165) is 30.8 Å². The van der Waals surface area contributed by atoms with Gasteiger partial charge in [0.05, 0.1) is 11.1 Å². The van der Waals surface area contributed by atoms with Gasteiger partial charge in [-0.05, 0) is 25.5 Å². The highest BCUT2D eigenvalue weighted by Gasteiger charge is 2.16. The van der Waals surface area contributed by atoms with Crippen molar-refractivity contribution in [3.05, 3.63) is 47.5 Å². The maximum absolute atomic E-state index is 11.4. The van der Waals surface area contributed by atoms with Gasteiger partial charge in [0.15, 0.2) is 0 Å². The number of aromatic carboxylic acids is 1. The van der Waals surface area contributed by atoms with Crippen LogP contribution < -0.4 is 4.90 Å². The lowest BCUT2D eigenvalue weighted by Crippen LogP contribution is -2.29. The van der Waals surface area contributed by atoms with Gasteiger partial charge < -0.3 is 10.0 Å². The van der Waals surface area contributed by atoms with Gasteiger partial charge in [-0.25, -0.2) is 9.78 Å². The summed E-state index contributed by atoms with van der Waals surface area (Å²) >= 11 is 0. The van der Waals surface area contributed by atoms with Gasteiger partial charge in [0.25, 0.3) is 0 Å². The number of anilines is 1. The molecule has 0 aliphatic carbocycles. The average molecular weight is 268 g/mol. The van der Waals surface area contributed by atoms with Crippen molar-refractivity contribution in [1.29, 1.82) is 0 Å². The van der Waals surface area contributed by atoms with E-state index in [9.17, 15) is 9.90 Å². The summed E-state index contributed by atoms with van der Waals surface area (Å²) in [6.45, 7) is 3.79. The van der Waals surface area contributed by atoms with E-state index in [-0.39, 0.29) is 0 Å². The Labute approximate surface area is 117 Å². The second-order valence-electron chi connectivity index (χ2n) is 5.10. The van der Waals surface area contributed by atoms with Crippen LogP contribution >= 0.6 is 0 Å². The summed E-state index contributed by atoms with van der Waals surface area (Å²) in [6.07, 6.45) is 3.16. The van der Waals surface area contributed by atoms with Crippen molar-refractivity contribution in [1.82, 2.24) is 4.98 Å². The molecule has 0 radical (unpaired) electrons. The molecule has 4 nitrogen and oxygen atoms in total. The lowest BCUT2D eigenvalue weighted by Gasteiger charge is -2.27. The molecule has 1 aromatic heterocycles. The van der Waals surface area contributed by atoms with Gasteiger partial charge in [-0.15, -0.1) is 0 Å². The van der Waals surface area contributed by atoms with Gasteiger partial charge in [0.1, 0.15) is 5.82 Å². The van der Waals surface area contributed by atoms with Crippen LogP contribution in [0.3, 0.4) is 0 Å². The normalized spacial score (nSPS) is 15.2. The molecule has 0 saturated heterocycles. The molecule has 1 aliphatic rings. The van der Waals surface area contributed by atoms with Crippen LogP contribution in [-0.2, 0) is 0 Å². The zero-order valence-electron chi connectivity index (χ0n) is 11.3. The monoisotopic (exact) mass is 268 g/mol. The SMILES string of the molecule is CC1=CCN(c2cc(C(=O)O)c3ccccc3n2)CC1.